The normalized spacial score (nSPS) is 18.5. The lowest BCUT2D eigenvalue weighted by atomic mass is 9.77. The number of rotatable bonds is 4. The van der Waals surface area contributed by atoms with Crippen molar-refractivity contribution in [3.63, 3.8) is 0 Å². The number of hydrogen-bond donors (Lipinski definition) is 1. The van der Waals surface area contributed by atoms with Gasteiger partial charge in [-0.2, -0.15) is 0 Å². The zero-order valence-corrected chi connectivity index (χ0v) is 16.6. The van der Waals surface area contributed by atoms with Crippen LogP contribution in [0.25, 0.3) is 11.0 Å². The van der Waals surface area contributed by atoms with Crippen LogP contribution in [0.4, 0.5) is 0 Å². The van der Waals surface area contributed by atoms with E-state index in [0.29, 0.717) is 13.2 Å². The van der Waals surface area contributed by atoms with Gasteiger partial charge in [-0.05, 0) is 49.6 Å². The molecule has 1 fully saturated rings. The van der Waals surface area contributed by atoms with Gasteiger partial charge in [0.15, 0.2) is 11.5 Å². The summed E-state index contributed by atoms with van der Waals surface area (Å²) in [7, 11) is 0. The molecule has 1 aliphatic heterocycles. The molecule has 0 saturated heterocycles. The summed E-state index contributed by atoms with van der Waals surface area (Å²) in [5.74, 6) is 2.32. The predicted molar refractivity (Wildman–Crippen MR) is 110 cm³/mol. The molecule has 5 nitrogen and oxygen atoms in total. The molecular weight excluding hydrogens is 366 g/mol. The van der Waals surface area contributed by atoms with Gasteiger partial charge in [-0.3, -0.25) is 4.79 Å². The van der Waals surface area contributed by atoms with Crippen molar-refractivity contribution in [3.05, 3.63) is 59.9 Å². The molecule has 1 atom stereocenters. The monoisotopic (exact) mass is 391 g/mol. The Morgan fingerprint density at radius 1 is 1.00 bits per heavy atom. The summed E-state index contributed by atoms with van der Waals surface area (Å²) in [6, 6.07) is 15.6. The van der Waals surface area contributed by atoms with Crippen LogP contribution < -0.4 is 14.8 Å². The molecule has 3 aromatic rings. The van der Waals surface area contributed by atoms with E-state index in [2.05, 4.69) is 5.32 Å². The van der Waals surface area contributed by atoms with Crippen molar-refractivity contribution >= 4 is 16.9 Å². The summed E-state index contributed by atoms with van der Waals surface area (Å²) in [6.07, 6.45) is 3.76. The molecule has 1 unspecified atom stereocenters. The Morgan fingerprint density at radius 3 is 2.55 bits per heavy atom. The highest BCUT2D eigenvalue weighted by molar-refractivity contribution is 5.89. The first kappa shape index (κ1) is 18.1. The van der Waals surface area contributed by atoms with Crippen molar-refractivity contribution in [2.24, 2.45) is 0 Å². The molecule has 2 heterocycles. The lowest BCUT2D eigenvalue weighted by Crippen LogP contribution is -2.43. The van der Waals surface area contributed by atoms with Gasteiger partial charge in [0.05, 0.1) is 11.5 Å². The van der Waals surface area contributed by atoms with Crippen LogP contribution in [-0.2, 0) is 10.2 Å². The highest BCUT2D eigenvalue weighted by atomic mass is 16.6. The second-order valence-corrected chi connectivity index (χ2v) is 8.03. The summed E-state index contributed by atoms with van der Waals surface area (Å²) in [5, 5.41) is 4.26. The summed E-state index contributed by atoms with van der Waals surface area (Å²) in [6.45, 7) is 3.08. The molecule has 2 aromatic carbocycles. The summed E-state index contributed by atoms with van der Waals surface area (Å²) < 4.78 is 17.4. The van der Waals surface area contributed by atoms with Crippen LogP contribution >= 0.6 is 0 Å². The van der Waals surface area contributed by atoms with E-state index >= 15 is 0 Å². The smallest absolute Gasteiger partial charge is 0.231 e. The topological polar surface area (TPSA) is 60.7 Å². The van der Waals surface area contributed by atoms with Crippen LogP contribution in [0.15, 0.2) is 52.9 Å². The first-order valence-corrected chi connectivity index (χ1v) is 10.4. The van der Waals surface area contributed by atoms with Crippen LogP contribution in [0.5, 0.6) is 11.5 Å². The minimum Gasteiger partial charge on any atom is -0.486 e. The van der Waals surface area contributed by atoms with E-state index in [1.165, 1.54) is 0 Å². The highest BCUT2D eigenvalue weighted by Gasteiger charge is 2.43. The van der Waals surface area contributed by atoms with Crippen LogP contribution in [0.2, 0.25) is 0 Å². The Balaban J connectivity index is 1.42. The van der Waals surface area contributed by atoms with E-state index in [9.17, 15) is 4.79 Å². The zero-order chi connectivity index (χ0) is 19.8. The van der Waals surface area contributed by atoms with E-state index in [-0.39, 0.29) is 11.9 Å². The van der Waals surface area contributed by atoms with E-state index in [4.69, 9.17) is 13.9 Å². The molecule has 1 N–H and O–H groups in total. The van der Waals surface area contributed by atoms with Gasteiger partial charge in [-0.1, -0.05) is 37.1 Å². The number of carbonyl (C=O) groups excluding carboxylic acids is 1. The average Bonchev–Trinajstić information content (AvgIpc) is 3.41. The number of hydrogen-bond acceptors (Lipinski definition) is 4. The fourth-order valence-corrected chi connectivity index (χ4v) is 4.59. The molecule has 5 rings (SSSR count). The van der Waals surface area contributed by atoms with Gasteiger partial charge in [-0.15, -0.1) is 0 Å². The number of carbonyl (C=O) groups is 1. The SMILES string of the molecule is CC(NC(=O)C1(c2ccc3c(c2)OCCO3)CCCC1)c1cc2ccccc2o1. The maximum atomic E-state index is 13.5. The van der Waals surface area contributed by atoms with E-state index < -0.39 is 5.41 Å². The Morgan fingerprint density at radius 2 is 1.76 bits per heavy atom. The molecule has 5 heteroatoms. The molecule has 1 aromatic heterocycles. The quantitative estimate of drug-likeness (QED) is 0.688. The van der Waals surface area contributed by atoms with Crippen molar-refractivity contribution in [2.75, 3.05) is 13.2 Å². The Bertz CT molecular complexity index is 1010. The minimum absolute atomic E-state index is 0.0552. The maximum Gasteiger partial charge on any atom is 0.231 e. The Labute approximate surface area is 170 Å². The standard InChI is InChI=1S/C24H25NO4/c1-16(21-14-17-6-2-3-7-19(17)29-21)25-23(26)24(10-4-5-11-24)18-8-9-20-22(15-18)28-13-12-27-20/h2-3,6-9,14-16H,4-5,10-13H2,1H3,(H,25,26). The molecule has 1 saturated carbocycles. The lowest BCUT2D eigenvalue weighted by molar-refractivity contribution is -0.127. The van der Waals surface area contributed by atoms with Crippen LogP contribution in [0.1, 0.15) is 50.0 Å². The molecule has 2 aliphatic rings. The van der Waals surface area contributed by atoms with Crippen LogP contribution in [0.3, 0.4) is 0 Å². The average molecular weight is 391 g/mol. The Hall–Kier alpha value is -2.95. The van der Waals surface area contributed by atoms with Gasteiger partial charge in [-0.25, -0.2) is 0 Å². The molecule has 1 aliphatic carbocycles. The summed E-state index contributed by atoms with van der Waals surface area (Å²) in [5.41, 5.74) is 1.32. The predicted octanol–water partition coefficient (Wildman–Crippen LogP) is 4.89. The second-order valence-electron chi connectivity index (χ2n) is 8.03. The lowest BCUT2D eigenvalue weighted by Gasteiger charge is -2.31. The molecule has 0 radical (unpaired) electrons. The summed E-state index contributed by atoms with van der Waals surface area (Å²) >= 11 is 0. The third kappa shape index (κ3) is 3.15. The van der Waals surface area contributed by atoms with Gasteiger partial charge in [0, 0.05) is 5.39 Å². The van der Waals surface area contributed by atoms with Crippen LogP contribution in [-0.4, -0.2) is 19.1 Å². The van der Waals surface area contributed by atoms with Gasteiger partial charge >= 0.3 is 0 Å². The molecule has 0 bridgehead atoms. The van der Waals surface area contributed by atoms with Gasteiger partial charge in [0.2, 0.25) is 5.91 Å². The molecule has 150 valence electrons. The number of ether oxygens (including phenoxy) is 2. The van der Waals surface area contributed by atoms with Crippen molar-refractivity contribution in [2.45, 2.75) is 44.1 Å². The van der Waals surface area contributed by atoms with Gasteiger partial charge in [0.25, 0.3) is 0 Å². The second kappa shape index (κ2) is 7.14. The Kier molecular flexibility index (Phi) is 4.46. The third-order valence-electron chi connectivity index (χ3n) is 6.21. The molecule has 29 heavy (non-hydrogen) atoms. The van der Waals surface area contributed by atoms with Crippen molar-refractivity contribution in [1.29, 1.82) is 0 Å². The number of para-hydroxylation sites is 1. The largest absolute Gasteiger partial charge is 0.486 e. The fourth-order valence-electron chi connectivity index (χ4n) is 4.59. The van der Waals surface area contributed by atoms with Gasteiger partial charge < -0.3 is 19.2 Å². The third-order valence-corrected chi connectivity index (χ3v) is 6.21. The van der Waals surface area contributed by atoms with E-state index in [0.717, 1.165) is 59.5 Å². The van der Waals surface area contributed by atoms with Crippen molar-refractivity contribution in [1.82, 2.24) is 5.32 Å². The van der Waals surface area contributed by atoms with E-state index in [1.54, 1.807) is 0 Å². The van der Waals surface area contributed by atoms with Crippen molar-refractivity contribution < 1.29 is 18.7 Å². The number of amides is 1. The highest BCUT2D eigenvalue weighted by Crippen LogP contribution is 2.44. The van der Waals surface area contributed by atoms with Gasteiger partial charge in [0.1, 0.15) is 24.6 Å². The van der Waals surface area contributed by atoms with E-state index in [1.807, 2.05) is 55.5 Å². The van der Waals surface area contributed by atoms with Crippen LogP contribution in [0, 0.1) is 0 Å². The maximum absolute atomic E-state index is 13.5. The zero-order valence-electron chi connectivity index (χ0n) is 16.6. The number of benzene rings is 2. The fraction of sp³-hybridized carbons (Fsp3) is 0.375. The molecule has 0 spiro atoms. The number of fused-ring (bicyclic) bond motifs is 2. The molecule has 1 amide bonds. The first-order chi connectivity index (χ1) is 14.2. The number of furan rings is 1. The minimum atomic E-state index is -0.532. The summed E-state index contributed by atoms with van der Waals surface area (Å²) in [4.78, 5) is 13.5. The first-order valence-electron chi connectivity index (χ1n) is 10.4. The number of nitrogens with one attached hydrogen (secondary N) is 1. The van der Waals surface area contributed by atoms with Crippen molar-refractivity contribution in [3.8, 4) is 11.5 Å². The molecular formula is C24H25NO4.